The van der Waals surface area contributed by atoms with Gasteiger partial charge in [-0.25, -0.2) is 4.79 Å². The lowest BCUT2D eigenvalue weighted by Crippen LogP contribution is -2.31. The van der Waals surface area contributed by atoms with Gasteiger partial charge in [0.2, 0.25) is 0 Å². The third-order valence-corrected chi connectivity index (χ3v) is 4.88. The molecule has 1 fully saturated rings. The van der Waals surface area contributed by atoms with E-state index in [2.05, 4.69) is 33.4 Å². The van der Waals surface area contributed by atoms with Crippen LogP contribution >= 0.6 is 11.6 Å². The van der Waals surface area contributed by atoms with Gasteiger partial charge in [-0.05, 0) is 41.3 Å². The minimum atomic E-state index is 0.00387. The number of carbonyl (C=O) groups is 1. The van der Waals surface area contributed by atoms with E-state index in [9.17, 15) is 4.79 Å². The van der Waals surface area contributed by atoms with Gasteiger partial charge >= 0.3 is 6.03 Å². The highest BCUT2D eigenvalue weighted by Crippen LogP contribution is 2.26. The normalized spacial score (nSPS) is 17.0. The maximum atomic E-state index is 11.7. The SMILES string of the molecule is O=C1NCCN1Cc1cncc(N2CCc3cc(Cl)ccc3C2)c1. The molecule has 2 aliphatic heterocycles. The third-order valence-electron chi connectivity index (χ3n) is 4.64. The number of hydrogen-bond donors (Lipinski definition) is 1. The molecule has 2 aromatic rings. The first-order valence-corrected chi connectivity index (χ1v) is 8.56. The number of anilines is 1. The van der Waals surface area contributed by atoms with E-state index in [1.165, 1.54) is 11.1 Å². The Morgan fingerprint density at radius 2 is 2.08 bits per heavy atom. The molecule has 3 heterocycles. The van der Waals surface area contributed by atoms with Gasteiger partial charge in [0.05, 0.1) is 11.9 Å². The number of urea groups is 1. The molecule has 2 amide bonds. The summed E-state index contributed by atoms with van der Waals surface area (Å²) < 4.78 is 0. The van der Waals surface area contributed by atoms with Gasteiger partial charge in [-0.15, -0.1) is 0 Å². The van der Waals surface area contributed by atoms with Crippen LogP contribution in [0.15, 0.2) is 36.7 Å². The predicted octanol–water partition coefficient (Wildman–Crippen LogP) is 2.82. The van der Waals surface area contributed by atoms with Gasteiger partial charge in [0.15, 0.2) is 0 Å². The van der Waals surface area contributed by atoms with Crippen LogP contribution < -0.4 is 10.2 Å². The van der Waals surface area contributed by atoms with Crippen molar-refractivity contribution in [2.45, 2.75) is 19.5 Å². The summed E-state index contributed by atoms with van der Waals surface area (Å²) >= 11 is 6.08. The molecule has 1 saturated heterocycles. The van der Waals surface area contributed by atoms with Crippen molar-refractivity contribution in [3.05, 3.63) is 58.4 Å². The van der Waals surface area contributed by atoms with Crippen LogP contribution in [0.1, 0.15) is 16.7 Å². The minimum Gasteiger partial charge on any atom is -0.366 e. The second-order valence-electron chi connectivity index (χ2n) is 6.29. The second-order valence-corrected chi connectivity index (χ2v) is 6.73. The fourth-order valence-electron chi connectivity index (χ4n) is 3.36. The Balaban J connectivity index is 1.51. The van der Waals surface area contributed by atoms with Crippen LogP contribution in [-0.2, 0) is 19.5 Å². The van der Waals surface area contributed by atoms with Crippen LogP contribution in [0.4, 0.5) is 10.5 Å². The van der Waals surface area contributed by atoms with Crippen molar-refractivity contribution in [1.29, 1.82) is 0 Å². The number of amides is 2. The predicted molar refractivity (Wildman–Crippen MR) is 94.3 cm³/mol. The first-order chi connectivity index (χ1) is 11.7. The molecule has 5 nitrogen and oxygen atoms in total. The van der Waals surface area contributed by atoms with Crippen molar-refractivity contribution in [3.63, 3.8) is 0 Å². The quantitative estimate of drug-likeness (QED) is 0.933. The molecule has 0 spiro atoms. The van der Waals surface area contributed by atoms with E-state index in [4.69, 9.17) is 11.6 Å². The maximum absolute atomic E-state index is 11.7. The van der Waals surface area contributed by atoms with E-state index in [0.717, 1.165) is 48.9 Å². The van der Waals surface area contributed by atoms with E-state index in [1.807, 2.05) is 23.4 Å². The van der Waals surface area contributed by atoms with Crippen LogP contribution in [-0.4, -0.2) is 35.5 Å². The highest BCUT2D eigenvalue weighted by molar-refractivity contribution is 6.30. The topological polar surface area (TPSA) is 48.5 Å². The Morgan fingerprint density at radius 1 is 1.17 bits per heavy atom. The second kappa shape index (κ2) is 6.32. The molecule has 1 aromatic carbocycles. The summed E-state index contributed by atoms with van der Waals surface area (Å²) in [6.45, 7) is 3.88. The molecule has 24 heavy (non-hydrogen) atoms. The summed E-state index contributed by atoms with van der Waals surface area (Å²) in [6, 6.07) is 8.26. The van der Waals surface area contributed by atoms with Crippen molar-refractivity contribution in [3.8, 4) is 0 Å². The zero-order chi connectivity index (χ0) is 16.5. The average molecular weight is 343 g/mol. The first-order valence-electron chi connectivity index (χ1n) is 8.18. The third kappa shape index (κ3) is 3.04. The van der Waals surface area contributed by atoms with E-state index >= 15 is 0 Å². The lowest BCUT2D eigenvalue weighted by molar-refractivity contribution is 0.215. The summed E-state index contributed by atoms with van der Waals surface area (Å²) in [7, 11) is 0. The number of halogens is 1. The largest absolute Gasteiger partial charge is 0.366 e. The number of aromatic nitrogens is 1. The zero-order valence-electron chi connectivity index (χ0n) is 13.3. The molecule has 4 rings (SSSR count). The van der Waals surface area contributed by atoms with Crippen molar-refractivity contribution >= 4 is 23.3 Å². The fourth-order valence-corrected chi connectivity index (χ4v) is 3.55. The lowest BCUT2D eigenvalue weighted by Gasteiger charge is -2.31. The summed E-state index contributed by atoms with van der Waals surface area (Å²) in [5.74, 6) is 0. The van der Waals surface area contributed by atoms with Crippen LogP contribution in [0.25, 0.3) is 0 Å². The molecular weight excluding hydrogens is 324 g/mol. The molecule has 124 valence electrons. The molecule has 1 aromatic heterocycles. The van der Waals surface area contributed by atoms with Gasteiger partial charge in [-0.1, -0.05) is 17.7 Å². The van der Waals surface area contributed by atoms with Gasteiger partial charge in [0.1, 0.15) is 0 Å². The van der Waals surface area contributed by atoms with Gasteiger partial charge in [-0.2, -0.15) is 0 Å². The Morgan fingerprint density at radius 3 is 2.92 bits per heavy atom. The number of carbonyl (C=O) groups excluding carboxylic acids is 1. The molecule has 0 atom stereocenters. The summed E-state index contributed by atoms with van der Waals surface area (Å²) in [4.78, 5) is 20.2. The van der Waals surface area contributed by atoms with E-state index in [-0.39, 0.29) is 6.03 Å². The van der Waals surface area contributed by atoms with Crippen LogP contribution in [0.5, 0.6) is 0 Å². The monoisotopic (exact) mass is 342 g/mol. The molecule has 0 saturated carbocycles. The van der Waals surface area contributed by atoms with E-state index in [0.29, 0.717) is 6.54 Å². The van der Waals surface area contributed by atoms with E-state index < -0.39 is 0 Å². The Hall–Kier alpha value is -2.27. The number of nitrogens with one attached hydrogen (secondary N) is 1. The molecule has 6 heteroatoms. The standard InChI is InChI=1S/C18H19ClN4O/c19-16-2-1-15-12-22(5-3-14(15)8-16)17-7-13(9-20-10-17)11-23-6-4-21-18(23)24/h1-2,7-10H,3-6,11-12H2,(H,21,24). The maximum Gasteiger partial charge on any atom is 0.317 e. The molecule has 2 aliphatic rings. The van der Waals surface area contributed by atoms with Gasteiger partial charge < -0.3 is 15.1 Å². The van der Waals surface area contributed by atoms with Crippen molar-refractivity contribution in [1.82, 2.24) is 15.2 Å². The summed E-state index contributed by atoms with van der Waals surface area (Å²) in [5.41, 5.74) is 4.81. The fraction of sp³-hybridized carbons (Fsp3) is 0.333. The van der Waals surface area contributed by atoms with Crippen LogP contribution in [0.3, 0.4) is 0 Å². The van der Waals surface area contributed by atoms with Crippen LogP contribution in [0.2, 0.25) is 5.02 Å². The number of pyridine rings is 1. The smallest absolute Gasteiger partial charge is 0.317 e. The number of rotatable bonds is 3. The molecule has 1 N–H and O–H groups in total. The molecule has 0 radical (unpaired) electrons. The minimum absolute atomic E-state index is 0.00387. The molecule has 0 bridgehead atoms. The number of benzene rings is 1. The number of fused-ring (bicyclic) bond motifs is 1. The Kier molecular flexibility index (Phi) is 4.02. The van der Waals surface area contributed by atoms with E-state index in [1.54, 1.807) is 0 Å². The van der Waals surface area contributed by atoms with Gasteiger partial charge in [0.25, 0.3) is 0 Å². The molecule has 0 aliphatic carbocycles. The Labute approximate surface area is 146 Å². The Bertz CT molecular complexity index is 779. The van der Waals surface area contributed by atoms with Crippen molar-refractivity contribution in [2.24, 2.45) is 0 Å². The average Bonchev–Trinajstić information content (AvgIpc) is 2.99. The summed E-state index contributed by atoms with van der Waals surface area (Å²) in [5, 5.41) is 3.63. The van der Waals surface area contributed by atoms with Crippen molar-refractivity contribution < 1.29 is 4.79 Å². The van der Waals surface area contributed by atoms with Gasteiger partial charge in [-0.3, -0.25) is 4.98 Å². The molecular formula is C18H19ClN4O. The zero-order valence-corrected chi connectivity index (χ0v) is 14.1. The number of nitrogens with zero attached hydrogens (tertiary/aromatic N) is 3. The highest BCUT2D eigenvalue weighted by Gasteiger charge is 2.21. The molecule has 0 unspecified atom stereocenters. The summed E-state index contributed by atoms with van der Waals surface area (Å²) in [6.07, 6.45) is 4.72. The van der Waals surface area contributed by atoms with Gasteiger partial charge in [0, 0.05) is 43.9 Å². The highest BCUT2D eigenvalue weighted by atomic mass is 35.5. The lowest BCUT2D eigenvalue weighted by atomic mass is 9.99. The van der Waals surface area contributed by atoms with Crippen LogP contribution in [0, 0.1) is 0 Å². The van der Waals surface area contributed by atoms with Crippen molar-refractivity contribution in [2.75, 3.05) is 24.5 Å². The first kappa shape index (κ1) is 15.3. The number of hydrogen-bond acceptors (Lipinski definition) is 3.